The van der Waals surface area contributed by atoms with Crippen molar-refractivity contribution in [2.45, 2.75) is 39.3 Å². The second-order valence-corrected chi connectivity index (χ2v) is 9.30. The van der Waals surface area contributed by atoms with Crippen LogP contribution in [0, 0.1) is 0 Å². The molecule has 0 fully saturated rings. The van der Waals surface area contributed by atoms with Crippen LogP contribution in [0.15, 0.2) is 57.0 Å². The molecule has 0 bridgehead atoms. The molecule has 2 aliphatic rings. The minimum Gasteiger partial charge on any atom is -0.493 e. The van der Waals surface area contributed by atoms with E-state index in [1.807, 2.05) is 42.5 Å². The van der Waals surface area contributed by atoms with Crippen molar-refractivity contribution in [3.05, 3.63) is 63.1 Å². The van der Waals surface area contributed by atoms with Gasteiger partial charge in [-0.2, -0.15) is 0 Å². The molecule has 0 unspecified atom stereocenters. The molecule has 2 aromatic rings. The second kappa shape index (κ2) is 9.87. The molecule has 4 rings (SSSR count). The summed E-state index contributed by atoms with van der Waals surface area (Å²) >= 11 is 5.08. The first-order chi connectivity index (χ1) is 15.1. The molecule has 2 aliphatic heterocycles. The van der Waals surface area contributed by atoms with Gasteiger partial charge in [-0.25, -0.2) is 5.01 Å². The van der Waals surface area contributed by atoms with Gasteiger partial charge in [-0.05, 0) is 37.1 Å². The summed E-state index contributed by atoms with van der Waals surface area (Å²) in [7, 11) is 0. The Hall–Kier alpha value is -2.32. The number of carbonyl (C=O) groups excluding carboxylic acids is 1. The van der Waals surface area contributed by atoms with Crippen molar-refractivity contribution in [1.82, 2.24) is 10.3 Å². The molecule has 2 aromatic carbocycles. The number of ether oxygens (including phenoxy) is 1. The fourth-order valence-corrected chi connectivity index (χ4v) is 4.77. The van der Waals surface area contributed by atoms with Gasteiger partial charge in [0, 0.05) is 21.0 Å². The number of nitrogens with one attached hydrogen (secondary N) is 1. The lowest BCUT2D eigenvalue weighted by Crippen LogP contribution is -2.50. The summed E-state index contributed by atoms with van der Waals surface area (Å²) in [6.45, 7) is 4.84. The number of carbonyl (C=O) groups is 1. The molecule has 2 heterocycles. The summed E-state index contributed by atoms with van der Waals surface area (Å²) in [6.07, 6.45) is 2.58. The molecular weight excluding hydrogens is 476 g/mol. The molecule has 0 aliphatic carbocycles. The Bertz CT molecular complexity index is 1130. The van der Waals surface area contributed by atoms with E-state index < -0.39 is 6.17 Å². The van der Waals surface area contributed by atoms with E-state index in [1.165, 1.54) is 0 Å². The molecule has 6 nitrogen and oxygen atoms in total. The number of benzene rings is 2. The van der Waals surface area contributed by atoms with Gasteiger partial charge in [0.05, 0.1) is 12.0 Å². The number of thioether (sulfide) groups is 1. The smallest absolute Gasteiger partial charge is 0.276 e. The van der Waals surface area contributed by atoms with Gasteiger partial charge < -0.3 is 4.74 Å². The van der Waals surface area contributed by atoms with E-state index >= 15 is 0 Å². The van der Waals surface area contributed by atoms with Crippen LogP contribution >= 0.6 is 27.7 Å². The highest BCUT2D eigenvalue weighted by atomic mass is 79.9. The van der Waals surface area contributed by atoms with Crippen LogP contribution in [-0.4, -0.2) is 28.4 Å². The third-order valence-electron chi connectivity index (χ3n) is 4.97. The van der Waals surface area contributed by atoms with Crippen LogP contribution in [0.5, 0.6) is 5.75 Å². The van der Waals surface area contributed by atoms with Crippen LogP contribution in [-0.2, 0) is 4.79 Å². The Morgan fingerprint density at radius 3 is 2.84 bits per heavy atom. The van der Waals surface area contributed by atoms with Crippen LogP contribution in [0.2, 0.25) is 0 Å². The van der Waals surface area contributed by atoms with Gasteiger partial charge in [0.2, 0.25) is 0 Å². The highest BCUT2D eigenvalue weighted by molar-refractivity contribution is 9.10. The third-order valence-corrected chi connectivity index (χ3v) is 6.41. The number of hydrazone groups is 1. The lowest BCUT2D eigenvalue weighted by atomic mass is 10.1. The molecule has 31 heavy (non-hydrogen) atoms. The Morgan fingerprint density at radius 2 is 2.03 bits per heavy atom. The van der Waals surface area contributed by atoms with Gasteiger partial charge in [-0.15, -0.1) is 5.10 Å². The Labute approximate surface area is 194 Å². The maximum absolute atomic E-state index is 13.2. The van der Waals surface area contributed by atoms with Crippen molar-refractivity contribution >= 4 is 44.5 Å². The summed E-state index contributed by atoms with van der Waals surface area (Å²) in [4.78, 5) is 18.2. The molecule has 0 aromatic heterocycles. The molecule has 0 radical (unpaired) electrons. The van der Waals surface area contributed by atoms with Crippen molar-refractivity contribution in [2.75, 3.05) is 12.4 Å². The quantitative estimate of drug-likeness (QED) is 0.585. The van der Waals surface area contributed by atoms with Crippen LogP contribution in [0.3, 0.4) is 0 Å². The SMILES string of the molecule is CCCCSC1=NN2C(=c3cc(Br)ccc3=N[C@H]2c2ccccc2OCCC)C(=O)N1. The molecule has 8 heteroatoms. The zero-order chi connectivity index (χ0) is 21.8. The maximum atomic E-state index is 13.2. The average Bonchev–Trinajstić information content (AvgIpc) is 2.77. The molecular formula is C23H25BrN4O2S. The van der Waals surface area contributed by atoms with Crippen molar-refractivity contribution in [1.29, 1.82) is 0 Å². The van der Waals surface area contributed by atoms with Crippen LogP contribution in [0.4, 0.5) is 0 Å². The topological polar surface area (TPSA) is 66.3 Å². The van der Waals surface area contributed by atoms with Crippen LogP contribution < -0.4 is 20.6 Å². The molecule has 1 atom stereocenters. The Kier molecular flexibility index (Phi) is 6.97. The van der Waals surface area contributed by atoms with Gasteiger partial charge in [0.25, 0.3) is 5.91 Å². The molecule has 162 valence electrons. The average molecular weight is 501 g/mol. The normalized spacial score (nSPS) is 17.3. The van der Waals surface area contributed by atoms with Crippen LogP contribution in [0.1, 0.15) is 44.8 Å². The summed E-state index contributed by atoms with van der Waals surface area (Å²) in [5, 5.41) is 11.6. The lowest BCUT2D eigenvalue weighted by molar-refractivity contribution is -0.116. The van der Waals surface area contributed by atoms with Crippen molar-refractivity contribution in [2.24, 2.45) is 10.1 Å². The fraction of sp³-hybridized carbons (Fsp3) is 0.348. The Morgan fingerprint density at radius 1 is 1.19 bits per heavy atom. The molecule has 1 amide bonds. The van der Waals surface area contributed by atoms with Gasteiger partial charge in [-0.3, -0.25) is 15.1 Å². The predicted octanol–water partition coefficient (Wildman–Crippen LogP) is 3.91. The lowest BCUT2D eigenvalue weighted by Gasteiger charge is -2.34. The second-order valence-electron chi connectivity index (χ2n) is 7.30. The van der Waals surface area contributed by atoms with E-state index in [0.29, 0.717) is 17.5 Å². The number of hydrogen-bond donors (Lipinski definition) is 1. The largest absolute Gasteiger partial charge is 0.493 e. The van der Waals surface area contributed by atoms with Gasteiger partial charge in [0.15, 0.2) is 11.3 Å². The van der Waals surface area contributed by atoms with E-state index in [2.05, 4.69) is 35.1 Å². The van der Waals surface area contributed by atoms with Gasteiger partial charge >= 0.3 is 0 Å². The van der Waals surface area contributed by atoms with Crippen molar-refractivity contribution in [3.8, 4) is 5.75 Å². The molecule has 1 N–H and O–H groups in total. The number of rotatable bonds is 7. The van der Waals surface area contributed by atoms with E-state index in [-0.39, 0.29) is 5.91 Å². The first-order valence-corrected chi connectivity index (χ1v) is 12.3. The van der Waals surface area contributed by atoms with Gasteiger partial charge in [0.1, 0.15) is 11.4 Å². The number of amidine groups is 1. The molecule has 0 saturated heterocycles. The van der Waals surface area contributed by atoms with Crippen LogP contribution in [0.25, 0.3) is 5.70 Å². The monoisotopic (exact) mass is 500 g/mol. The highest BCUT2D eigenvalue weighted by Crippen LogP contribution is 2.35. The van der Waals surface area contributed by atoms with E-state index in [4.69, 9.17) is 14.8 Å². The van der Waals surface area contributed by atoms with E-state index in [9.17, 15) is 4.79 Å². The Balaban J connectivity index is 1.85. The van der Waals surface area contributed by atoms with Crippen molar-refractivity contribution < 1.29 is 9.53 Å². The first kappa shape index (κ1) is 21.9. The van der Waals surface area contributed by atoms with E-state index in [1.54, 1.807) is 16.8 Å². The third kappa shape index (κ3) is 4.65. The summed E-state index contributed by atoms with van der Waals surface area (Å²) < 4.78 is 6.89. The number of hydrogen-bond acceptors (Lipinski definition) is 6. The summed E-state index contributed by atoms with van der Waals surface area (Å²) in [6, 6.07) is 13.6. The highest BCUT2D eigenvalue weighted by Gasteiger charge is 2.35. The number of fused-ring (bicyclic) bond motifs is 2. The van der Waals surface area contributed by atoms with E-state index in [0.717, 1.165) is 51.4 Å². The summed E-state index contributed by atoms with van der Waals surface area (Å²) in [5.41, 5.74) is 1.39. The number of halogens is 1. The predicted molar refractivity (Wildman–Crippen MR) is 128 cm³/mol. The fourth-order valence-electron chi connectivity index (χ4n) is 3.47. The van der Waals surface area contributed by atoms with Gasteiger partial charge in [-0.1, -0.05) is 66.2 Å². The zero-order valence-corrected chi connectivity index (χ0v) is 20.0. The number of amides is 1. The molecule has 0 spiro atoms. The molecule has 0 saturated carbocycles. The maximum Gasteiger partial charge on any atom is 0.276 e. The van der Waals surface area contributed by atoms with Crippen molar-refractivity contribution in [3.63, 3.8) is 0 Å². The minimum atomic E-state index is -0.482. The standard InChI is InChI=1S/C23H25BrN4O2S/c1-3-5-13-31-23-26-22(29)20-17-14-15(24)10-11-18(17)25-21(28(20)27-23)16-8-6-7-9-19(16)30-12-4-2/h6-11,14,21H,3-5,12-13H2,1-2H3,(H,26,27,29)/t21-/m1/s1. The minimum absolute atomic E-state index is 0.166. The number of unbranched alkanes of at least 4 members (excludes halogenated alkanes) is 1. The first-order valence-electron chi connectivity index (χ1n) is 10.5. The zero-order valence-electron chi connectivity index (χ0n) is 17.6. The number of nitrogens with zero attached hydrogens (tertiary/aromatic N) is 3. The summed E-state index contributed by atoms with van der Waals surface area (Å²) in [5.74, 6) is 1.50. The number of para-hydroxylation sites is 1.